The van der Waals surface area contributed by atoms with E-state index in [2.05, 4.69) is 32.1 Å². The third-order valence-corrected chi connectivity index (χ3v) is 6.68. The Hall–Kier alpha value is -1.64. The summed E-state index contributed by atoms with van der Waals surface area (Å²) < 4.78 is 3.24. The summed E-state index contributed by atoms with van der Waals surface area (Å²) in [4.78, 5) is 10.0. The van der Waals surface area contributed by atoms with E-state index in [0.717, 1.165) is 16.2 Å². The number of rotatable bonds is 9. The lowest BCUT2D eigenvalue weighted by Gasteiger charge is -2.14. The van der Waals surface area contributed by atoms with Crippen LogP contribution in [0.3, 0.4) is 0 Å². The quantitative estimate of drug-likeness (QED) is 0.188. The van der Waals surface area contributed by atoms with Crippen LogP contribution < -0.4 is 10.0 Å². The Labute approximate surface area is 195 Å². The molecule has 0 saturated carbocycles. The lowest BCUT2D eigenvalue weighted by Crippen LogP contribution is -2.20. The van der Waals surface area contributed by atoms with Crippen molar-refractivity contribution in [2.75, 3.05) is 16.6 Å². The average Bonchev–Trinajstić information content (AvgIpc) is 2.74. The fourth-order valence-corrected chi connectivity index (χ4v) is 4.48. The van der Waals surface area contributed by atoms with Gasteiger partial charge in [0.2, 0.25) is 0 Å². The molecule has 0 bridgehead atoms. The molecule has 0 aliphatic carbocycles. The summed E-state index contributed by atoms with van der Waals surface area (Å²) in [5.74, 6) is 2.04. The zero-order valence-electron chi connectivity index (χ0n) is 16.5. The van der Waals surface area contributed by atoms with Gasteiger partial charge in [-0.25, -0.2) is 9.97 Å². The lowest BCUT2D eigenvalue weighted by molar-refractivity contribution is 0.281. The van der Waals surface area contributed by atoms with E-state index in [1.54, 1.807) is 17.8 Å². The monoisotopic (exact) mass is 480 g/mol. The van der Waals surface area contributed by atoms with Crippen LogP contribution in [0.4, 0.5) is 11.6 Å². The third-order valence-electron chi connectivity index (χ3n) is 4.06. The van der Waals surface area contributed by atoms with Crippen LogP contribution >= 0.6 is 46.9 Å². The van der Waals surface area contributed by atoms with Gasteiger partial charge in [0.15, 0.2) is 5.16 Å². The van der Waals surface area contributed by atoms with Crippen molar-refractivity contribution in [1.29, 1.82) is 0 Å². The number of aromatic nitrogens is 2. The first-order chi connectivity index (χ1) is 14.4. The Morgan fingerprint density at radius 3 is 2.50 bits per heavy atom. The zero-order chi connectivity index (χ0) is 21.5. The van der Waals surface area contributed by atoms with Crippen molar-refractivity contribution in [3.8, 4) is 0 Å². The SMILES string of the molecule is Cc1cc(SNc2cc(N[C@H](C)CO)nc(SCc3ccccc3)n2)c(Cl)cc1Cl. The van der Waals surface area contributed by atoms with Crippen molar-refractivity contribution in [2.45, 2.75) is 35.7 Å². The fourth-order valence-electron chi connectivity index (χ4n) is 2.45. The number of hydrogen-bond donors (Lipinski definition) is 3. The molecule has 30 heavy (non-hydrogen) atoms. The Bertz CT molecular complexity index is 992. The predicted octanol–water partition coefficient (Wildman–Crippen LogP) is 6.30. The highest BCUT2D eigenvalue weighted by atomic mass is 35.5. The maximum absolute atomic E-state index is 9.36. The van der Waals surface area contributed by atoms with Gasteiger partial charge in [0.25, 0.3) is 0 Å². The summed E-state index contributed by atoms with van der Waals surface area (Å²) in [7, 11) is 0. The minimum absolute atomic E-state index is 0.00760. The van der Waals surface area contributed by atoms with Crippen molar-refractivity contribution in [2.24, 2.45) is 0 Å². The van der Waals surface area contributed by atoms with E-state index in [1.807, 2.05) is 44.2 Å². The molecule has 0 spiro atoms. The highest BCUT2D eigenvalue weighted by molar-refractivity contribution is 8.00. The van der Waals surface area contributed by atoms with Gasteiger partial charge >= 0.3 is 0 Å². The number of benzene rings is 2. The standard InChI is InChI=1S/C21H22Cl2N4OS2/c1-13-8-18(17(23)9-16(13)22)30-27-20-10-19(24-14(2)11-28)25-21(26-20)29-12-15-6-4-3-5-7-15/h3-10,14,28H,11-12H2,1-2H3,(H2,24,25,26,27)/t14-/m1/s1. The molecule has 0 unspecified atom stereocenters. The smallest absolute Gasteiger partial charge is 0.191 e. The van der Waals surface area contributed by atoms with Gasteiger partial charge in [-0.1, -0.05) is 65.3 Å². The highest BCUT2D eigenvalue weighted by Gasteiger charge is 2.11. The molecule has 3 aromatic rings. The number of aryl methyl sites for hydroxylation is 1. The molecule has 0 radical (unpaired) electrons. The molecule has 0 saturated heterocycles. The van der Waals surface area contributed by atoms with E-state index < -0.39 is 0 Å². The van der Waals surface area contributed by atoms with Gasteiger partial charge in [-0.05, 0) is 49.1 Å². The van der Waals surface area contributed by atoms with Crippen LogP contribution in [0, 0.1) is 6.92 Å². The molecule has 0 fully saturated rings. The van der Waals surface area contributed by atoms with Gasteiger partial charge in [-0.3, -0.25) is 0 Å². The summed E-state index contributed by atoms with van der Waals surface area (Å²) in [6.07, 6.45) is 0. The topological polar surface area (TPSA) is 70.1 Å². The normalized spacial score (nSPS) is 11.9. The molecule has 3 N–H and O–H groups in total. The molecule has 0 aliphatic rings. The first-order valence-corrected chi connectivity index (χ1v) is 11.8. The second-order valence-electron chi connectivity index (χ2n) is 6.66. The van der Waals surface area contributed by atoms with Crippen molar-refractivity contribution in [1.82, 2.24) is 9.97 Å². The number of nitrogens with zero attached hydrogens (tertiary/aromatic N) is 2. The minimum Gasteiger partial charge on any atom is -0.394 e. The van der Waals surface area contributed by atoms with Crippen LogP contribution in [0.15, 0.2) is 58.6 Å². The first kappa shape index (κ1) is 23.0. The molecule has 9 heteroatoms. The number of thioether (sulfide) groups is 1. The number of hydrogen-bond acceptors (Lipinski definition) is 7. The van der Waals surface area contributed by atoms with E-state index >= 15 is 0 Å². The van der Waals surface area contributed by atoms with E-state index in [9.17, 15) is 5.11 Å². The molecule has 158 valence electrons. The van der Waals surface area contributed by atoms with E-state index in [1.165, 1.54) is 17.5 Å². The highest BCUT2D eigenvalue weighted by Crippen LogP contribution is 2.33. The fraction of sp³-hybridized carbons (Fsp3) is 0.238. The van der Waals surface area contributed by atoms with Gasteiger partial charge in [-0.2, -0.15) is 0 Å². The van der Waals surface area contributed by atoms with Gasteiger partial charge < -0.3 is 15.1 Å². The van der Waals surface area contributed by atoms with Crippen molar-refractivity contribution < 1.29 is 5.11 Å². The third kappa shape index (κ3) is 6.68. The molecule has 5 nitrogen and oxygen atoms in total. The van der Waals surface area contributed by atoms with Gasteiger partial charge in [0.05, 0.1) is 11.6 Å². The molecule has 0 aliphatic heterocycles. The molecule has 0 amide bonds. The summed E-state index contributed by atoms with van der Waals surface area (Å²) in [5.41, 5.74) is 2.15. The van der Waals surface area contributed by atoms with Crippen LogP contribution in [0.1, 0.15) is 18.1 Å². The molecule has 3 rings (SSSR count). The summed E-state index contributed by atoms with van der Waals surface area (Å²) in [6, 6.07) is 15.5. The molecule has 1 atom stereocenters. The minimum atomic E-state index is -0.124. The maximum Gasteiger partial charge on any atom is 0.191 e. The number of aliphatic hydroxyl groups excluding tert-OH is 1. The lowest BCUT2D eigenvalue weighted by atomic mass is 10.2. The summed E-state index contributed by atoms with van der Waals surface area (Å²) in [5, 5.41) is 14.4. The molecular weight excluding hydrogens is 459 g/mol. The second kappa shape index (κ2) is 11.1. The van der Waals surface area contributed by atoms with Gasteiger partial charge in [0, 0.05) is 27.8 Å². The van der Waals surface area contributed by atoms with Crippen LogP contribution in [0.5, 0.6) is 0 Å². The molecule has 1 heterocycles. The number of anilines is 2. The average molecular weight is 481 g/mol. The van der Waals surface area contributed by atoms with Gasteiger partial charge in [-0.15, -0.1) is 0 Å². The van der Waals surface area contributed by atoms with Crippen molar-refractivity contribution in [3.63, 3.8) is 0 Å². The van der Waals surface area contributed by atoms with Crippen LogP contribution in [-0.4, -0.2) is 27.7 Å². The van der Waals surface area contributed by atoms with Crippen LogP contribution in [0.2, 0.25) is 10.0 Å². The van der Waals surface area contributed by atoms with Gasteiger partial charge in [0.1, 0.15) is 11.6 Å². The number of nitrogens with one attached hydrogen (secondary N) is 2. The Balaban J connectivity index is 1.77. The van der Waals surface area contributed by atoms with E-state index in [4.69, 9.17) is 23.2 Å². The second-order valence-corrected chi connectivity index (χ2v) is 9.26. The van der Waals surface area contributed by atoms with E-state index in [0.29, 0.717) is 26.8 Å². The van der Waals surface area contributed by atoms with Crippen molar-refractivity contribution >= 4 is 58.5 Å². The molecule has 1 aromatic heterocycles. The Kier molecular flexibility index (Phi) is 8.53. The number of halogens is 2. The van der Waals surface area contributed by atoms with Crippen molar-refractivity contribution in [3.05, 3.63) is 69.7 Å². The van der Waals surface area contributed by atoms with Crippen LogP contribution in [0.25, 0.3) is 0 Å². The molecule has 2 aromatic carbocycles. The predicted molar refractivity (Wildman–Crippen MR) is 129 cm³/mol. The molecular formula is C21H22Cl2N4OS2. The summed E-state index contributed by atoms with van der Waals surface area (Å²) >= 11 is 15.3. The number of aliphatic hydroxyl groups is 1. The van der Waals surface area contributed by atoms with E-state index in [-0.39, 0.29) is 12.6 Å². The zero-order valence-corrected chi connectivity index (χ0v) is 19.7. The Morgan fingerprint density at radius 1 is 1.03 bits per heavy atom. The maximum atomic E-state index is 9.36. The Morgan fingerprint density at radius 2 is 1.77 bits per heavy atom. The largest absolute Gasteiger partial charge is 0.394 e. The first-order valence-electron chi connectivity index (χ1n) is 9.26. The summed E-state index contributed by atoms with van der Waals surface area (Å²) in [6.45, 7) is 3.83. The van der Waals surface area contributed by atoms with Crippen LogP contribution in [-0.2, 0) is 5.75 Å².